The van der Waals surface area contributed by atoms with Crippen molar-refractivity contribution in [1.29, 1.82) is 0 Å². The molecule has 5 nitrogen and oxygen atoms in total. The molecule has 2 N–H and O–H groups in total. The maximum atomic E-state index is 10.9. The van der Waals surface area contributed by atoms with Gasteiger partial charge in [-0.3, -0.25) is 4.79 Å². The van der Waals surface area contributed by atoms with Gasteiger partial charge in [0.25, 0.3) is 0 Å². The third kappa shape index (κ3) is 3.32. The van der Waals surface area contributed by atoms with E-state index in [1.807, 2.05) is 37.5 Å². The molecule has 2 aromatic rings. The topological polar surface area (TPSA) is 67.2 Å². The largest absolute Gasteiger partial charge is 0.480 e. The lowest BCUT2D eigenvalue weighted by atomic mass is 10.2. The highest BCUT2D eigenvalue weighted by atomic mass is 16.4. The first kappa shape index (κ1) is 13.5. The lowest BCUT2D eigenvalue weighted by molar-refractivity contribution is -0.139. The maximum absolute atomic E-state index is 10.9. The van der Waals surface area contributed by atoms with Crippen LogP contribution in [0.25, 0.3) is 11.0 Å². The van der Waals surface area contributed by atoms with Crippen LogP contribution in [-0.2, 0) is 11.3 Å². The number of hydrogen-bond donors (Lipinski definition) is 2. The average Bonchev–Trinajstić information content (AvgIpc) is 2.82. The zero-order valence-corrected chi connectivity index (χ0v) is 11.0. The molecule has 0 fully saturated rings. The standard InChI is InChI=1S/C14H19N3O2/c1-2-11(14(18)19)15-8-5-9-17-10-16-12-6-3-4-7-13(12)17/h3-4,6-7,10-11,15H,2,5,8-9H2,1H3,(H,18,19). The Morgan fingerprint density at radius 2 is 2.26 bits per heavy atom. The van der Waals surface area contributed by atoms with E-state index in [1.54, 1.807) is 0 Å². The summed E-state index contributed by atoms with van der Waals surface area (Å²) in [7, 11) is 0. The highest BCUT2D eigenvalue weighted by molar-refractivity contribution is 5.75. The Balaban J connectivity index is 1.84. The number of benzene rings is 1. The van der Waals surface area contributed by atoms with Gasteiger partial charge in [0.15, 0.2) is 0 Å². The minimum atomic E-state index is -0.782. The van der Waals surface area contributed by atoms with E-state index in [2.05, 4.69) is 14.9 Å². The van der Waals surface area contributed by atoms with E-state index in [9.17, 15) is 4.79 Å². The highest BCUT2D eigenvalue weighted by Crippen LogP contribution is 2.11. The van der Waals surface area contributed by atoms with Gasteiger partial charge < -0.3 is 15.0 Å². The van der Waals surface area contributed by atoms with E-state index >= 15 is 0 Å². The number of carboxylic acid groups (broad SMARTS) is 1. The normalized spacial score (nSPS) is 12.7. The van der Waals surface area contributed by atoms with Crippen molar-refractivity contribution in [3.05, 3.63) is 30.6 Å². The number of imidazole rings is 1. The van der Waals surface area contributed by atoms with Gasteiger partial charge in [-0.2, -0.15) is 0 Å². The van der Waals surface area contributed by atoms with Gasteiger partial charge in [0, 0.05) is 6.54 Å². The van der Waals surface area contributed by atoms with Crippen LogP contribution in [0.5, 0.6) is 0 Å². The number of para-hydroxylation sites is 2. The molecule has 0 saturated heterocycles. The number of carboxylic acids is 1. The summed E-state index contributed by atoms with van der Waals surface area (Å²) >= 11 is 0. The zero-order valence-electron chi connectivity index (χ0n) is 11.0. The summed E-state index contributed by atoms with van der Waals surface area (Å²) in [5.74, 6) is -0.782. The number of aryl methyl sites for hydroxylation is 1. The number of aromatic nitrogens is 2. The van der Waals surface area contributed by atoms with Crippen molar-refractivity contribution in [2.24, 2.45) is 0 Å². The Hall–Kier alpha value is -1.88. The third-order valence-corrected chi connectivity index (χ3v) is 3.20. The molecule has 102 valence electrons. The molecule has 0 spiro atoms. The third-order valence-electron chi connectivity index (χ3n) is 3.20. The molecule has 0 aliphatic heterocycles. The van der Waals surface area contributed by atoms with Crippen LogP contribution in [0.15, 0.2) is 30.6 Å². The number of aliphatic carboxylic acids is 1. The first-order valence-electron chi connectivity index (χ1n) is 6.58. The van der Waals surface area contributed by atoms with Crippen molar-refractivity contribution in [3.8, 4) is 0 Å². The molecule has 2 rings (SSSR count). The molecular weight excluding hydrogens is 242 g/mol. The van der Waals surface area contributed by atoms with Gasteiger partial charge in [0.2, 0.25) is 0 Å². The van der Waals surface area contributed by atoms with Crippen LogP contribution in [-0.4, -0.2) is 33.2 Å². The lowest BCUT2D eigenvalue weighted by Crippen LogP contribution is -2.36. The van der Waals surface area contributed by atoms with Crippen LogP contribution in [0.2, 0.25) is 0 Å². The molecule has 1 unspecified atom stereocenters. The number of nitrogens with one attached hydrogen (secondary N) is 1. The number of nitrogens with zero attached hydrogens (tertiary/aromatic N) is 2. The van der Waals surface area contributed by atoms with Crippen LogP contribution >= 0.6 is 0 Å². The van der Waals surface area contributed by atoms with Crippen LogP contribution in [0, 0.1) is 0 Å². The molecule has 5 heteroatoms. The van der Waals surface area contributed by atoms with Crippen molar-refractivity contribution in [2.75, 3.05) is 6.54 Å². The number of hydrogen-bond acceptors (Lipinski definition) is 3. The van der Waals surface area contributed by atoms with Gasteiger partial charge in [-0.15, -0.1) is 0 Å². The Labute approximate surface area is 112 Å². The van der Waals surface area contributed by atoms with Crippen molar-refractivity contribution in [2.45, 2.75) is 32.4 Å². The van der Waals surface area contributed by atoms with Crippen LogP contribution < -0.4 is 5.32 Å². The predicted molar refractivity (Wildman–Crippen MR) is 74.1 cm³/mol. The first-order valence-corrected chi connectivity index (χ1v) is 6.58. The molecule has 0 aliphatic carbocycles. The fourth-order valence-corrected chi connectivity index (χ4v) is 2.12. The summed E-state index contributed by atoms with van der Waals surface area (Å²) in [6.07, 6.45) is 3.31. The summed E-state index contributed by atoms with van der Waals surface area (Å²) in [5, 5.41) is 12.0. The highest BCUT2D eigenvalue weighted by Gasteiger charge is 2.12. The monoisotopic (exact) mass is 261 g/mol. The molecule has 1 heterocycles. The number of carbonyl (C=O) groups is 1. The van der Waals surface area contributed by atoms with Crippen LogP contribution in [0.1, 0.15) is 19.8 Å². The first-order chi connectivity index (χ1) is 9.22. The number of rotatable bonds is 7. The Bertz CT molecular complexity index is 550. The quantitative estimate of drug-likeness (QED) is 0.747. The average molecular weight is 261 g/mol. The summed E-state index contributed by atoms with van der Waals surface area (Å²) in [5.41, 5.74) is 2.11. The second-order valence-corrected chi connectivity index (χ2v) is 4.53. The zero-order chi connectivity index (χ0) is 13.7. The number of fused-ring (bicyclic) bond motifs is 1. The summed E-state index contributed by atoms with van der Waals surface area (Å²) < 4.78 is 2.10. The minimum absolute atomic E-state index is 0.445. The fourth-order valence-electron chi connectivity index (χ4n) is 2.12. The fraction of sp³-hybridized carbons (Fsp3) is 0.429. The van der Waals surface area contributed by atoms with Crippen molar-refractivity contribution < 1.29 is 9.90 Å². The van der Waals surface area contributed by atoms with E-state index in [4.69, 9.17) is 5.11 Å². The molecule has 0 amide bonds. The van der Waals surface area contributed by atoms with Gasteiger partial charge in [0.05, 0.1) is 17.4 Å². The van der Waals surface area contributed by atoms with E-state index in [0.29, 0.717) is 13.0 Å². The molecule has 1 aromatic carbocycles. The van der Waals surface area contributed by atoms with Crippen LogP contribution in [0.4, 0.5) is 0 Å². The summed E-state index contributed by atoms with van der Waals surface area (Å²) in [4.78, 5) is 15.2. The van der Waals surface area contributed by atoms with E-state index in [1.165, 1.54) is 0 Å². The molecular formula is C14H19N3O2. The molecule has 0 radical (unpaired) electrons. The Morgan fingerprint density at radius 1 is 1.47 bits per heavy atom. The van der Waals surface area contributed by atoms with E-state index in [-0.39, 0.29) is 0 Å². The SMILES string of the molecule is CCC(NCCCn1cnc2ccccc21)C(=O)O. The predicted octanol–water partition coefficient (Wildman–Crippen LogP) is 1.88. The van der Waals surface area contributed by atoms with Crippen LogP contribution in [0.3, 0.4) is 0 Å². The molecule has 0 bridgehead atoms. The molecule has 0 saturated carbocycles. The van der Waals surface area contributed by atoms with Gasteiger partial charge in [-0.05, 0) is 31.5 Å². The summed E-state index contributed by atoms with van der Waals surface area (Å²) in [6.45, 7) is 3.40. The van der Waals surface area contributed by atoms with Gasteiger partial charge >= 0.3 is 5.97 Å². The second kappa shape index (κ2) is 6.33. The maximum Gasteiger partial charge on any atom is 0.320 e. The van der Waals surface area contributed by atoms with E-state index < -0.39 is 12.0 Å². The lowest BCUT2D eigenvalue weighted by Gasteiger charge is -2.12. The van der Waals surface area contributed by atoms with Crippen molar-refractivity contribution >= 4 is 17.0 Å². The van der Waals surface area contributed by atoms with Gasteiger partial charge in [0.1, 0.15) is 6.04 Å². The van der Waals surface area contributed by atoms with Crippen molar-refractivity contribution in [3.63, 3.8) is 0 Å². The second-order valence-electron chi connectivity index (χ2n) is 4.53. The van der Waals surface area contributed by atoms with Crippen molar-refractivity contribution in [1.82, 2.24) is 14.9 Å². The summed E-state index contributed by atoms with van der Waals surface area (Å²) in [6, 6.07) is 7.55. The molecule has 19 heavy (non-hydrogen) atoms. The molecule has 1 atom stereocenters. The Morgan fingerprint density at radius 3 is 3.00 bits per heavy atom. The van der Waals surface area contributed by atoms with Gasteiger partial charge in [-0.25, -0.2) is 4.98 Å². The Kier molecular flexibility index (Phi) is 4.52. The molecule has 0 aliphatic rings. The van der Waals surface area contributed by atoms with Gasteiger partial charge in [-0.1, -0.05) is 19.1 Å². The van der Waals surface area contributed by atoms with E-state index in [0.717, 1.165) is 24.0 Å². The smallest absolute Gasteiger partial charge is 0.320 e. The minimum Gasteiger partial charge on any atom is -0.480 e. The molecule has 1 aromatic heterocycles.